The maximum absolute atomic E-state index is 12.2. The molecule has 0 saturated heterocycles. The summed E-state index contributed by atoms with van der Waals surface area (Å²) in [6.07, 6.45) is 0. The van der Waals surface area contributed by atoms with Crippen LogP contribution in [-0.2, 0) is 17.9 Å². The summed E-state index contributed by atoms with van der Waals surface area (Å²) in [6.45, 7) is 5.68. The standard InChI is InChI=1S/C18H22N2O2/c1-3-22-12-15-7-5-14(6-8-15)11-20-18(21)17-10-16(19)9-4-13(17)2/h4-10H,3,11-12,19H2,1-2H3,(H,20,21). The molecule has 2 aromatic carbocycles. The normalized spacial score (nSPS) is 10.5. The van der Waals surface area contributed by atoms with Crippen molar-refractivity contribution in [2.45, 2.75) is 27.0 Å². The molecule has 2 rings (SSSR count). The fourth-order valence-electron chi connectivity index (χ4n) is 2.14. The molecule has 1 amide bonds. The van der Waals surface area contributed by atoms with Crippen LogP contribution in [0.25, 0.3) is 0 Å². The maximum Gasteiger partial charge on any atom is 0.251 e. The lowest BCUT2D eigenvalue weighted by Gasteiger charge is -2.09. The van der Waals surface area contributed by atoms with Crippen LogP contribution < -0.4 is 11.1 Å². The zero-order valence-corrected chi connectivity index (χ0v) is 13.1. The van der Waals surface area contributed by atoms with Crippen LogP contribution in [0.1, 0.15) is 34.0 Å². The number of nitrogens with one attached hydrogen (secondary N) is 1. The van der Waals surface area contributed by atoms with E-state index in [9.17, 15) is 4.79 Å². The first kappa shape index (κ1) is 16.0. The summed E-state index contributed by atoms with van der Waals surface area (Å²) in [6, 6.07) is 13.4. The molecule has 0 fully saturated rings. The van der Waals surface area contributed by atoms with Crippen LogP contribution in [0.3, 0.4) is 0 Å². The van der Waals surface area contributed by atoms with Crippen molar-refractivity contribution in [1.29, 1.82) is 0 Å². The molecule has 3 N–H and O–H groups in total. The number of hydrogen-bond donors (Lipinski definition) is 2. The minimum absolute atomic E-state index is 0.108. The summed E-state index contributed by atoms with van der Waals surface area (Å²) < 4.78 is 5.36. The summed E-state index contributed by atoms with van der Waals surface area (Å²) >= 11 is 0. The van der Waals surface area contributed by atoms with Crippen molar-refractivity contribution in [3.63, 3.8) is 0 Å². The van der Waals surface area contributed by atoms with Crippen molar-refractivity contribution in [2.24, 2.45) is 0 Å². The Balaban J connectivity index is 1.94. The molecule has 0 atom stereocenters. The van der Waals surface area contributed by atoms with Crippen LogP contribution in [-0.4, -0.2) is 12.5 Å². The molecule has 4 heteroatoms. The van der Waals surface area contributed by atoms with Crippen LogP contribution in [0.2, 0.25) is 0 Å². The van der Waals surface area contributed by atoms with Gasteiger partial charge >= 0.3 is 0 Å². The lowest BCUT2D eigenvalue weighted by atomic mass is 10.1. The molecule has 22 heavy (non-hydrogen) atoms. The van der Waals surface area contributed by atoms with Crippen molar-refractivity contribution in [2.75, 3.05) is 12.3 Å². The maximum atomic E-state index is 12.2. The highest BCUT2D eigenvalue weighted by Crippen LogP contribution is 2.13. The van der Waals surface area contributed by atoms with Crippen LogP contribution in [0, 0.1) is 6.92 Å². The number of carbonyl (C=O) groups excluding carboxylic acids is 1. The molecule has 0 spiro atoms. The number of benzene rings is 2. The van der Waals surface area contributed by atoms with E-state index in [1.54, 1.807) is 12.1 Å². The summed E-state index contributed by atoms with van der Waals surface area (Å²) in [7, 11) is 0. The summed E-state index contributed by atoms with van der Waals surface area (Å²) in [5.74, 6) is -0.108. The number of ether oxygens (including phenoxy) is 1. The van der Waals surface area contributed by atoms with E-state index < -0.39 is 0 Å². The number of anilines is 1. The Morgan fingerprint density at radius 3 is 2.50 bits per heavy atom. The second-order valence-electron chi connectivity index (χ2n) is 5.21. The van der Waals surface area contributed by atoms with E-state index in [1.165, 1.54) is 0 Å². The van der Waals surface area contributed by atoms with Crippen molar-refractivity contribution in [3.8, 4) is 0 Å². The Morgan fingerprint density at radius 1 is 1.14 bits per heavy atom. The molecule has 0 aliphatic rings. The average molecular weight is 298 g/mol. The minimum Gasteiger partial charge on any atom is -0.399 e. The van der Waals surface area contributed by atoms with Crippen LogP contribution in [0.5, 0.6) is 0 Å². The van der Waals surface area contributed by atoms with Gasteiger partial charge in [0, 0.05) is 24.4 Å². The van der Waals surface area contributed by atoms with Gasteiger partial charge in [0.05, 0.1) is 6.61 Å². The Bertz CT molecular complexity index is 636. The van der Waals surface area contributed by atoms with Gasteiger partial charge in [-0.2, -0.15) is 0 Å². The predicted molar refractivity (Wildman–Crippen MR) is 88.5 cm³/mol. The lowest BCUT2D eigenvalue weighted by Crippen LogP contribution is -2.23. The molecule has 0 aliphatic carbocycles. The SMILES string of the molecule is CCOCc1ccc(CNC(=O)c2cc(N)ccc2C)cc1. The highest BCUT2D eigenvalue weighted by Gasteiger charge is 2.09. The molecule has 0 aromatic heterocycles. The van der Waals surface area contributed by atoms with E-state index in [-0.39, 0.29) is 5.91 Å². The lowest BCUT2D eigenvalue weighted by molar-refractivity contribution is 0.0950. The van der Waals surface area contributed by atoms with Crippen molar-refractivity contribution in [3.05, 3.63) is 64.7 Å². The number of rotatable bonds is 6. The van der Waals surface area contributed by atoms with Gasteiger partial charge in [-0.1, -0.05) is 30.3 Å². The van der Waals surface area contributed by atoms with E-state index in [1.807, 2.05) is 44.2 Å². The van der Waals surface area contributed by atoms with Gasteiger partial charge in [-0.25, -0.2) is 0 Å². The fourth-order valence-corrected chi connectivity index (χ4v) is 2.14. The fraction of sp³-hybridized carbons (Fsp3) is 0.278. The van der Waals surface area contributed by atoms with Gasteiger partial charge < -0.3 is 15.8 Å². The molecule has 0 heterocycles. The van der Waals surface area contributed by atoms with Crippen molar-refractivity contribution in [1.82, 2.24) is 5.32 Å². The average Bonchev–Trinajstić information content (AvgIpc) is 2.54. The quantitative estimate of drug-likeness (QED) is 0.806. The smallest absolute Gasteiger partial charge is 0.251 e. The highest BCUT2D eigenvalue weighted by molar-refractivity contribution is 5.96. The van der Waals surface area contributed by atoms with E-state index in [0.717, 1.165) is 16.7 Å². The Hall–Kier alpha value is -2.33. The Kier molecular flexibility index (Phi) is 5.55. The molecule has 0 radical (unpaired) electrons. The molecule has 0 aliphatic heterocycles. The van der Waals surface area contributed by atoms with E-state index in [4.69, 9.17) is 10.5 Å². The third-order valence-corrected chi connectivity index (χ3v) is 3.46. The number of amides is 1. The van der Waals surface area contributed by atoms with Crippen LogP contribution in [0.4, 0.5) is 5.69 Å². The predicted octanol–water partition coefficient (Wildman–Crippen LogP) is 3.04. The molecule has 0 bridgehead atoms. The topological polar surface area (TPSA) is 64.3 Å². The zero-order valence-electron chi connectivity index (χ0n) is 13.1. The third-order valence-electron chi connectivity index (χ3n) is 3.46. The molecule has 4 nitrogen and oxygen atoms in total. The van der Waals surface area contributed by atoms with Gasteiger partial charge in [-0.05, 0) is 42.7 Å². The largest absolute Gasteiger partial charge is 0.399 e. The van der Waals surface area contributed by atoms with E-state index in [0.29, 0.717) is 31.0 Å². The van der Waals surface area contributed by atoms with E-state index in [2.05, 4.69) is 5.32 Å². The molecular weight excluding hydrogens is 276 g/mol. The van der Waals surface area contributed by atoms with Gasteiger partial charge in [0.15, 0.2) is 0 Å². The first-order chi connectivity index (χ1) is 10.6. The van der Waals surface area contributed by atoms with Gasteiger partial charge in [-0.15, -0.1) is 0 Å². The van der Waals surface area contributed by atoms with Crippen molar-refractivity contribution < 1.29 is 9.53 Å². The van der Waals surface area contributed by atoms with Crippen LogP contribution >= 0.6 is 0 Å². The third kappa shape index (κ3) is 4.33. The Labute approximate surface area is 131 Å². The summed E-state index contributed by atoms with van der Waals surface area (Å²) in [5.41, 5.74) is 10.0. The zero-order chi connectivity index (χ0) is 15.9. The number of hydrogen-bond acceptors (Lipinski definition) is 3. The monoisotopic (exact) mass is 298 g/mol. The van der Waals surface area contributed by atoms with E-state index >= 15 is 0 Å². The molecule has 0 unspecified atom stereocenters. The molecule has 116 valence electrons. The highest BCUT2D eigenvalue weighted by atomic mass is 16.5. The molecular formula is C18H22N2O2. The number of nitrogen functional groups attached to an aromatic ring is 1. The van der Waals surface area contributed by atoms with Gasteiger partial charge in [-0.3, -0.25) is 4.79 Å². The van der Waals surface area contributed by atoms with Gasteiger partial charge in [0.2, 0.25) is 0 Å². The second-order valence-corrected chi connectivity index (χ2v) is 5.21. The second kappa shape index (κ2) is 7.61. The van der Waals surface area contributed by atoms with Gasteiger partial charge in [0.1, 0.15) is 0 Å². The number of aryl methyl sites for hydroxylation is 1. The Morgan fingerprint density at radius 2 is 1.82 bits per heavy atom. The molecule has 2 aromatic rings. The van der Waals surface area contributed by atoms with Crippen molar-refractivity contribution >= 4 is 11.6 Å². The number of nitrogens with two attached hydrogens (primary N) is 1. The molecule has 0 saturated carbocycles. The van der Waals surface area contributed by atoms with Gasteiger partial charge in [0.25, 0.3) is 5.91 Å². The minimum atomic E-state index is -0.108. The first-order valence-electron chi connectivity index (χ1n) is 7.40. The number of carbonyl (C=O) groups is 1. The first-order valence-corrected chi connectivity index (χ1v) is 7.40. The summed E-state index contributed by atoms with van der Waals surface area (Å²) in [5, 5.41) is 2.92. The summed E-state index contributed by atoms with van der Waals surface area (Å²) in [4.78, 5) is 12.2. The van der Waals surface area contributed by atoms with Crippen LogP contribution in [0.15, 0.2) is 42.5 Å².